The predicted octanol–water partition coefficient (Wildman–Crippen LogP) is 3.60. The van der Waals surface area contributed by atoms with Crippen molar-refractivity contribution < 1.29 is 36.0 Å². The molecule has 2 heterocycles. The first kappa shape index (κ1) is 39.8. The first-order valence-corrected chi connectivity index (χ1v) is 19.4. The van der Waals surface area contributed by atoms with Gasteiger partial charge in [0.05, 0.1) is 9.79 Å². The molecule has 3 amide bonds. The maximum atomic E-state index is 12.9. The number of rotatable bonds is 11. The average molecular weight is 753 g/mol. The Labute approximate surface area is 304 Å². The van der Waals surface area contributed by atoms with Gasteiger partial charge in [-0.3, -0.25) is 14.9 Å². The van der Waals surface area contributed by atoms with Gasteiger partial charge in [-0.1, -0.05) is 43.5 Å². The van der Waals surface area contributed by atoms with E-state index in [1.165, 1.54) is 51.1 Å². The smallest absolute Gasteiger partial charge is 0.411 e. The lowest BCUT2D eigenvalue weighted by molar-refractivity contribution is -0.117. The first-order chi connectivity index (χ1) is 24.7. The molecule has 2 aliphatic rings. The minimum atomic E-state index is -3.65. The van der Waals surface area contributed by atoms with Crippen LogP contribution in [0.25, 0.3) is 0 Å². The third-order valence-electron chi connectivity index (χ3n) is 8.72. The van der Waals surface area contributed by atoms with E-state index in [0.717, 1.165) is 5.56 Å². The Morgan fingerprint density at radius 3 is 1.79 bits per heavy atom. The number of nitrogens with zero attached hydrogens (tertiary/aromatic N) is 2. The second-order valence-corrected chi connectivity index (χ2v) is 16.1. The van der Waals surface area contributed by atoms with Crippen LogP contribution < -0.4 is 22.1 Å². The van der Waals surface area contributed by atoms with Crippen LogP contribution >= 0.6 is 0 Å². The number of sulfonamides is 2. The monoisotopic (exact) mass is 752 g/mol. The number of anilines is 2. The second-order valence-electron chi connectivity index (χ2n) is 12.2. The number of carbonyl (C=O) groups excluding carboxylic acids is 3. The van der Waals surface area contributed by atoms with Crippen LogP contribution in [0.2, 0.25) is 0 Å². The van der Waals surface area contributed by atoms with Crippen LogP contribution in [0.3, 0.4) is 0 Å². The van der Waals surface area contributed by atoms with Gasteiger partial charge in [-0.15, -0.1) is 0 Å². The molecule has 6 N–H and O–H groups in total. The third kappa shape index (κ3) is 10.7. The van der Waals surface area contributed by atoms with Crippen LogP contribution in [0, 0.1) is 5.92 Å². The summed E-state index contributed by atoms with van der Waals surface area (Å²) < 4.78 is 58.7. The van der Waals surface area contributed by atoms with Crippen molar-refractivity contribution in [3.63, 3.8) is 0 Å². The van der Waals surface area contributed by atoms with Crippen molar-refractivity contribution in [2.45, 2.75) is 48.1 Å². The van der Waals surface area contributed by atoms with Gasteiger partial charge < -0.3 is 21.5 Å². The number of hydrogen-bond acceptors (Lipinski definition) is 9. The summed E-state index contributed by atoms with van der Waals surface area (Å²) in [5.41, 5.74) is 13.0. The molecule has 0 bridgehead atoms. The summed E-state index contributed by atoms with van der Waals surface area (Å²) in [4.78, 5) is 34.8. The standard InChI is InChI=1S/C22H25N3O5S.C14H19N3O3S/c1-2-21(26)23-19-12-14-25(15-13-19)31(28,29)20-10-8-18(9-11-20)24-22(27)30-16-17-6-4-3-5-7-17;1-10(14(16)18)11-6-8-17(9-7-11)21(19,20)13-4-2-12(15)3-5-13/h2-11,19H,1,12-16H2,(H,23,26)(H,24,27);2-5,11H,1,6-9,15H2,(H2,16,18). The molecule has 278 valence electrons. The summed E-state index contributed by atoms with van der Waals surface area (Å²) >= 11 is 0. The highest BCUT2D eigenvalue weighted by atomic mass is 32.2. The van der Waals surface area contributed by atoms with E-state index in [0.29, 0.717) is 68.8 Å². The molecule has 0 radical (unpaired) electrons. The average Bonchev–Trinajstić information content (AvgIpc) is 3.15. The molecule has 2 fully saturated rings. The van der Waals surface area contributed by atoms with Gasteiger partial charge in [0.25, 0.3) is 0 Å². The molecule has 5 rings (SSSR count). The lowest BCUT2D eigenvalue weighted by Crippen LogP contribution is -2.46. The Hall–Kier alpha value is -5.03. The fourth-order valence-corrected chi connectivity index (χ4v) is 8.61. The molecule has 52 heavy (non-hydrogen) atoms. The molecule has 3 aromatic rings. The summed E-state index contributed by atoms with van der Waals surface area (Å²) in [5.74, 6) is -0.818. The van der Waals surface area contributed by atoms with Crippen molar-refractivity contribution >= 4 is 49.3 Å². The molecule has 0 aromatic heterocycles. The van der Waals surface area contributed by atoms with Crippen molar-refractivity contribution in [3.05, 3.63) is 109 Å². The lowest BCUT2D eigenvalue weighted by Gasteiger charge is -2.31. The summed E-state index contributed by atoms with van der Waals surface area (Å²) in [6.07, 6.45) is 2.75. The summed E-state index contributed by atoms with van der Waals surface area (Å²) in [7, 11) is -7.17. The molecule has 0 unspecified atom stereocenters. The summed E-state index contributed by atoms with van der Waals surface area (Å²) in [5, 5.41) is 5.38. The van der Waals surface area contributed by atoms with Crippen LogP contribution in [0.5, 0.6) is 0 Å². The van der Waals surface area contributed by atoms with E-state index in [1.54, 1.807) is 12.1 Å². The van der Waals surface area contributed by atoms with E-state index in [2.05, 4.69) is 23.8 Å². The van der Waals surface area contributed by atoms with Crippen LogP contribution in [0.1, 0.15) is 31.2 Å². The molecule has 2 saturated heterocycles. The molecule has 0 aliphatic carbocycles. The van der Waals surface area contributed by atoms with Crippen LogP contribution in [0.15, 0.2) is 113 Å². The fraction of sp³-hybridized carbons (Fsp3) is 0.306. The van der Waals surface area contributed by atoms with Crippen molar-refractivity contribution in [2.75, 3.05) is 37.2 Å². The number of nitrogen functional groups attached to an aromatic ring is 1. The molecule has 14 nitrogen and oxygen atoms in total. The number of piperidine rings is 2. The van der Waals surface area contributed by atoms with Crippen molar-refractivity contribution in [1.29, 1.82) is 0 Å². The molecule has 0 spiro atoms. The first-order valence-electron chi connectivity index (χ1n) is 16.6. The quantitative estimate of drug-likeness (QED) is 0.166. The highest BCUT2D eigenvalue weighted by Gasteiger charge is 2.32. The van der Waals surface area contributed by atoms with Crippen molar-refractivity contribution in [2.24, 2.45) is 11.7 Å². The van der Waals surface area contributed by atoms with E-state index in [1.807, 2.05) is 30.3 Å². The van der Waals surface area contributed by atoms with Gasteiger partial charge in [0.1, 0.15) is 6.61 Å². The Morgan fingerprint density at radius 2 is 1.29 bits per heavy atom. The van der Waals surface area contributed by atoms with Gasteiger partial charge in [0.15, 0.2) is 0 Å². The number of carbonyl (C=O) groups is 3. The summed E-state index contributed by atoms with van der Waals surface area (Å²) in [6, 6.07) is 21.3. The minimum Gasteiger partial charge on any atom is -0.444 e. The van der Waals surface area contributed by atoms with Gasteiger partial charge in [-0.25, -0.2) is 21.6 Å². The van der Waals surface area contributed by atoms with Gasteiger partial charge in [-0.05, 0) is 91.8 Å². The maximum Gasteiger partial charge on any atom is 0.411 e. The summed E-state index contributed by atoms with van der Waals surface area (Å²) in [6.45, 7) is 8.57. The number of ether oxygens (including phenoxy) is 1. The highest BCUT2D eigenvalue weighted by Crippen LogP contribution is 2.28. The Balaban J connectivity index is 0.000000251. The molecule has 3 aromatic carbocycles. The molecule has 0 atom stereocenters. The van der Waals surface area contributed by atoms with Crippen LogP contribution in [-0.2, 0) is 41.0 Å². The maximum absolute atomic E-state index is 12.9. The van der Waals surface area contributed by atoms with E-state index in [-0.39, 0.29) is 34.3 Å². The topological polar surface area (TPSA) is 211 Å². The molecule has 16 heteroatoms. The molecular formula is C36H44N6O8S2. The number of benzene rings is 3. The number of amides is 3. The van der Waals surface area contributed by atoms with Gasteiger partial charge in [-0.2, -0.15) is 8.61 Å². The molecule has 2 aliphatic heterocycles. The normalized spacial score (nSPS) is 16.1. The van der Waals surface area contributed by atoms with Crippen LogP contribution in [0.4, 0.5) is 16.2 Å². The van der Waals surface area contributed by atoms with Gasteiger partial charge in [0, 0.05) is 49.2 Å². The number of nitrogens with one attached hydrogen (secondary N) is 2. The third-order valence-corrected chi connectivity index (χ3v) is 12.5. The van der Waals surface area contributed by atoms with Crippen molar-refractivity contribution in [3.8, 4) is 0 Å². The lowest BCUT2D eigenvalue weighted by atomic mass is 9.90. The van der Waals surface area contributed by atoms with Gasteiger partial charge in [0.2, 0.25) is 31.9 Å². The van der Waals surface area contributed by atoms with E-state index in [4.69, 9.17) is 16.2 Å². The highest BCUT2D eigenvalue weighted by molar-refractivity contribution is 7.89. The van der Waals surface area contributed by atoms with Crippen LogP contribution in [-0.4, -0.2) is 75.6 Å². The molecular weight excluding hydrogens is 709 g/mol. The number of hydrogen-bond donors (Lipinski definition) is 4. The molecule has 0 saturated carbocycles. The second kappa shape index (κ2) is 17.9. The Kier molecular flexibility index (Phi) is 13.7. The predicted molar refractivity (Wildman–Crippen MR) is 197 cm³/mol. The van der Waals surface area contributed by atoms with E-state index in [9.17, 15) is 31.2 Å². The zero-order chi connectivity index (χ0) is 37.9. The number of nitrogens with two attached hydrogens (primary N) is 2. The van der Waals surface area contributed by atoms with E-state index >= 15 is 0 Å². The Bertz CT molecular complexity index is 1940. The largest absolute Gasteiger partial charge is 0.444 e. The zero-order valence-corrected chi connectivity index (χ0v) is 30.3. The van der Waals surface area contributed by atoms with Gasteiger partial charge >= 0.3 is 6.09 Å². The SMILES string of the molecule is C=C(C(N)=O)C1CCN(S(=O)(=O)c2ccc(N)cc2)CC1.C=CC(=O)NC1CCN(S(=O)(=O)c2ccc(NC(=O)OCc3ccccc3)cc2)CC1. The Morgan fingerprint density at radius 1 is 0.788 bits per heavy atom. The van der Waals surface area contributed by atoms with E-state index < -0.39 is 32.0 Å². The van der Waals surface area contributed by atoms with Crippen molar-refractivity contribution in [1.82, 2.24) is 13.9 Å². The zero-order valence-electron chi connectivity index (χ0n) is 28.6. The number of primary amides is 1. The minimum absolute atomic E-state index is 0.0413. The fourth-order valence-electron chi connectivity index (χ4n) is 5.67.